The van der Waals surface area contributed by atoms with Gasteiger partial charge in [0, 0.05) is 24.4 Å². The summed E-state index contributed by atoms with van der Waals surface area (Å²) in [5, 5.41) is 8.61. The molecule has 0 spiro atoms. The summed E-state index contributed by atoms with van der Waals surface area (Å²) in [7, 11) is -2.05. The highest BCUT2D eigenvalue weighted by Gasteiger charge is 2.38. The number of anilines is 1. The molecule has 0 bridgehead atoms. The number of ether oxygens (including phenoxy) is 1. The fourth-order valence-electron chi connectivity index (χ4n) is 4.52. The molecule has 14 heteroatoms. The predicted molar refractivity (Wildman–Crippen MR) is 146 cm³/mol. The summed E-state index contributed by atoms with van der Waals surface area (Å²) in [6.07, 6.45) is -2.11. The molecule has 0 aliphatic carbocycles. The predicted octanol–water partition coefficient (Wildman–Crippen LogP) is 3.29. The number of hydrogen-bond acceptors (Lipinski definition) is 7. The molecule has 2 heterocycles. The summed E-state index contributed by atoms with van der Waals surface area (Å²) in [5.41, 5.74) is -0.913. The van der Waals surface area contributed by atoms with Crippen LogP contribution >= 0.6 is 0 Å². The number of benzene rings is 2. The molecule has 2 aromatic carbocycles. The third kappa shape index (κ3) is 7.28. The molecule has 1 aliphatic heterocycles. The molecular formula is C27H29F4N5O4S. The Bertz CT molecular complexity index is 1620. The van der Waals surface area contributed by atoms with Gasteiger partial charge in [0.25, 0.3) is 5.91 Å². The van der Waals surface area contributed by atoms with Crippen LogP contribution in [0.4, 0.5) is 23.2 Å². The molecule has 0 radical (unpaired) electrons. The van der Waals surface area contributed by atoms with Crippen molar-refractivity contribution in [1.29, 1.82) is 0 Å². The number of nitrogens with one attached hydrogen (secondary N) is 3. The fourth-order valence-corrected chi connectivity index (χ4v) is 5.16. The second-order valence-corrected chi connectivity index (χ2v) is 12.0. The van der Waals surface area contributed by atoms with Crippen molar-refractivity contribution < 1.29 is 35.5 Å². The molecule has 3 aromatic rings. The number of carbonyl (C=O) groups is 1. The van der Waals surface area contributed by atoms with E-state index < -0.39 is 40.2 Å². The van der Waals surface area contributed by atoms with Crippen molar-refractivity contribution in [2.24, 2.45) is 0 Å². The van der Waals surface area contributed by atoms with Crippen molar-refractivity contribution in [1.82, 2.24) is 20.2 Å². The van der Waals surface area contributed by atoms with E-state index in [1.165, 1.54) is 44.4 Å². The fraction of sp³-hybridized carbons (Fsp3) is 0.407. The molecule has 3 N–H and O–H groups in total. The number of carbonyl (C=O) groups excluding carboxylic acids is 1. The second kappa shape index (κ2) is 11.6. The Morgan fingerprint density at radius 1 is 1.29 bits per heavy atom. The average Bonchev–Trinajstić information content (AvgIpc) is 3.27. The molecular weight excluding hydrogens is 566 g/mol. The molecule has 1 aromatic heterocycles. The molecule has 41 heavy (non-hydrogen) atoms. The lowest BCUT2D eigenvalue weighted by molar-refractivity contribution is -0.139. The first-order valence-corrected chi connectivity index (χ1v) is 14.4. The van der Waals surface area contributed by atoms with Crippen LogP contribution in [0.2, 0.25) is 0 Å². The zero-order valence-corrected chi connectivity index (χ0v) is 23.3. The highest BCUT2D eigenvalue weighted by molar-refractivity contribution is 7.90. The maximum absolute atomic E-state index is 15.0. The summed E-state index contributed by atoms with van der Waals surface area (Å²) < 4.78 is 84.4. The Balaban J connectivity index is 1.63. The molecule has 1 fully saturated rings. The van der Waals surface area contributed by atoms with Crippen LogP contribution in [0.3, 0.4) is 0 Å². The van der Waals surface area contributed by atoms with Gasteiger partial charge in [-0.1, -0.05) is 11.8 Å². The molecule has 1 amide bonds. The minimum atomic E-state index is -4.53. The average molecular weight is 596 g/mol. The van der Waals surface area contributed by atoms with E-state index in [0.29, 0.717) is 18.7 Å². The van der Waals surface area contributed by atoms with E-state index >= 15 is 0 Å². The SMILES string of the molecule is COc1cc(S(C)(=O)=O)ccc1NCC#Cc1cc(C(=O)NC2CCNCC2(C)F)c2ncn(CC(F)(F)F)c2c1. The summed E-state index contributed by atoms with van der Waals surface area (Å²) >= 11 is 0. The van der Waals surface area contributed by atoms with Gasteiger partial charge in [-0.2, -0.15) is 13.2 Å². The van der Waals surface area contributed by atoms with Crippen molar-refractivity contribution in [3.05, 3.63) is 47.8 Å². The van der Waals surface area contributed by atoms with Crippen molar-refractivity contribution >= 4 is 32.5 Å². The number of sulfone groups is 1. The number of nitrogens with zero attached hydrogens (tertiary/aromatic N) is 2. The van der Waals surface area contributed by atoms with Crippen molar-refractivity contribution in [3.63, 3.8) is 0 Å². The molecule has 2 unspecified atom stereocenters. The Morgan fingerprint density at radius 3 is 2.71 bits per heavy atom. The first-order valence-electron chi connectivity index (χ1n) is 12.5. The van der Waals surface area contributed by atoms with Gasteiger partial charge >= 0.3 is 6.18 Å². The summed E-state index contributed by atoms with van der Waals surface area (Å²) in [6.45, 7) is 0.666. The number of rotatable bonds is 7. The van der Waals surface area contributed by atoms with E-state index in [1.807, 2.05) is 0 Å². The summed E-state index contributed by atoms with van der Waals surface area (Å²) in [5.74, 6) is 5.30. The van der Waals surface area contributed by atoms with Gasteiger partial charge in [-0.3, -0.25) is 4.79 Å². The number of halogens is 4. The molecule has 0 saturated carbocycles. The van der Waals surface area contributed by atoms with Gasteiger partial charge in [-0.05, 0) is 44.2 Å². The Kier molecular flexibility index (Phi) is 8.51. The van der Waals surface area contributed by atoms with Crippen LogP contribution in [0.1, 0.15) is 29.3 Å². The molecule has 1 saturated heterocycles. The lowest BCUT2D eigenvalue weighted by atomic mass is 9.91. The number of aromatic nitrogens is 2. The molecule has 220 valence electrons. The zero-order valence-electron chi connectivity index (χ0n) is 22.5. The number of amides is 1. The van der Waals surface area contributed by atoms with Gasteiger partial charge in [0.1, 0.15) is 23.5 Å². The molecule has 4 rings (SSSR count). The highest BCUT2D eigenvalue weighted by Crippen LogP contribution is 2.28. The standard InChI is InChI=1S/C27H29F4N5O4S/c1-26(28)14-32-10-8-23(26)35-25(37)19-11-17(12-21-24(19)34-16-36(21)15-27(29,30)31)5-4-9-33-20-7-6-18(41(3,38)39)13-22(20)40-2/h6-7,11-13,16,23,32-33H,8-10,14-15H2,1-3H3,(H,35,37). The minimum absolute atomic E-state index is 0.0203. The van der Waals surface area contributed by atoms with Crippen LogP contribution in [-0.4, -0.2) is 74.8 Å². The van der Waals surface area contributed by atoms with Gasteiger partial charge in [-0.25, -0.2) is 17.8 Å². The topological polar surface area (TPSA) is 114 Å². The van der Waals surface area contributed by atoms with Crippen molar-refractivity contribution in [2.45, 2.75) is 42.7 Å². The maximum atomic E-state index is 15.0. The quantitative estimate of drug-likeness (QED) is 0.284. The Hall–Kier alpha value is -3.83. The lowest BCUT2D eigenvalue weighted by Gasteiger charge is -2.35. The Labute approximate surface area is 234 Å². The van der Waals surface area contributed by atoms with E-state index in [-0.39, 0.29) is 45.9 Å². The molecule has 9 nitrogen and oxygen atoms in total. The number of piperidine rings is 1. The van der Waals surface area contributed by atoms with E-state index in [1.54, 1.807) is 0 Å². The van der Waals surface area contributed by atoms with Gasteiger partial charge in [0.05, 0.1) is 47.7 Å². The van der Waals surface area contributed by atoms with E-state index in [9.17, 15) is 30.8 Å². The van der Waals surface area contributed by atoms with E-state index in [0.717, 1.165) is 17.2 Å². The first-order chi connectivity index (χ1) is 19.2. The van der Waals surface area contributed by atoms with Gasteiger partial charge in [0.15, 0.2) is 9.84 Å². The number of imidazole rings is 1. The van der Waals surface area contributed by atoms with E-state index in [2.05, 4.69) is 32.8 Å². The number of methoxy groups -OCH3 is 1. The van der Waals surface area contributed by atoms with Gasteiger partial charge in [0.2, 0.25) is 0 Å². The maximum Gasteiger partial charge on any atom is 0.406 e. The monoisotopic (exact) mass is 595 g/mol. The molecule has 1 aliphatic rings. The van der Waals surface area contributed by atoms with E-state index in [4.69, 9.17) is 4.74 Å². The van der Waals surface area contributed by atoms with Crippen molar-refractivity contribution in [3.8, 4) is 17.6 Å². The lowest BCUT2D eigenvalue weighted by Crippen LogP contribution is -2.57. The number of alkyl halides is 4. The third-order valence-corrected chi connectivity index (χ3v) is 7.74. The van der Waals surface area contributed by atoms with Crippen LogP contribution in [0.15, 0.2) is 41.6 Å². The third-order valence-electron chi connectivity index (χ3n) is 6.63. The Morgan fingerprint density at radius 2 is 2.05 bits per heavy atom. The van der Waals surface area contributed by atoms with Crippen LogP contribution in [0.5, 0.6) is 5.75 Å². The summed E-state index contributed by atoms with van der Waals surface area (Å²) in [6, 6.07) is 6.33. The smallest absolute Gasteiger partial charge is 0.406 e. The normalized spacial score (nSPS) is 19.3. The van der Waals surface area contributed by atoms with Crippen molar-refractivity contribution in [2.75, 3.05) is 38.3 Å². The second-order valence-electron chi connectivity index (χ2n) is 9.94. The van der Waals surface area contributed by atoms with Gasteiger partial charge < -0.3 is 25.3 Å². The zero-order chi connectivity index (χ0) is 30.0. The van der Waals surface area contributed by atoms with Crippen LogP contribution in [-0.2, 0) is 16.4 Å². The van der Waals surface area contributed by atoms with Gasteiger partial charge in [-0.15, -0.1) is 0 Å². The highest BCUT2D eigenvalue weighted by atomic mass is 32.2. The molecule has 2 atom stereocenters. The largest absolute Gasteiger partial charge is 0.495 e. The minimum Gasteiger partial charge on any atom is -0.495 e. The first kappa shape index (κ1) is 30.1. The van der Waals surface area contributed by atoms with Crippen LogP contribution < -0.4 is 20.7 Å². The van der Waals surface area contributed by atoms with Crippen LogP contribution in [0, 0.1) is 11.8 Å². The number of fused-ring (bicyclic) bond motifs is 1. The van der Waals surface area contributed by atoms with Crippen LogP contribution in [0.25, 0.3) is 11.0 Å². The summed E-state index contributed by atoms with van der Waals surface area (Å²) in [4.78, 5) is 17.4. The number of hydrogen-bond donors (Lipinski definition) is 3.